The van der Waals surface area contributed by atoms with Gasteiger partial charge < -0.3 is 15.2 Å². The van der Waals surface area contributed by atoms with Gasteiger partial charge in [0.1, 0.15) is 17.7 Å². The highest BCUT2D eigenvalue weighted by Gasteiger charge is 2.39. The van der Waals surface area contributed by atoms with E-state index in [0.717, 1.165) is 43.8 Å². The van der Waals surface area contributed by atoms with Crippen molar-refractivity contribution in [2.75, 3.05) is 23.8 Å². The highest BCUT2D eigenvalue weighted by Crippen LogP contribution is 2.39. The monoisotopic (exact) mass is 297 g/mol. The van der Waals surface area contributed by atoms with E-state index < -0.39 is 0 Å². The standard InChI is InChI=1S/C15H20FNO2S/c16-11-1-2-14(13(17)9-11)19-12-3-6-18-15(10-12)4-7-20-8-5-15/h1-2,9,12H,3-8,10,17H2. The molecule has 1 aromatic carbocycles. The Bertz CT molecular complexity index is 471. The third-order valence-electron chi connectivity index (χ3n) is 4.12. The molecule has 1 atom stereocenters. The van der Waals surface area contributed by atoms with Gasteiger partial charge in [-0.25, -0.2) is 4.39 Å². The minimum absolute atomic E-state index is 0.0110. The average Bonchev–Trinajstić information content (AvgIpc) is 2.43. The number of hydrogen-bond acceptors (Lipinski definition) is 4. The Morgan fingerprint density at radius 2 is 2.15 bits per heavy atom. The van der Waals surface area contributed by atoms with E-state index in [9.17, 15) is 4.39 Å². The molecule has 0 aliphatic carbocycles. The van der Waals surface area contributed by atoms with Crippen LogP contribution in [0.2, 0.25) is 0 Å². The lowest BCUT2D eigenvalue weighted by Crippen LogP contribution is -2.46. The van der Waals surface area contributed by atoms with E-state index in [-0.39, 0.29) is 17.5 Å². The minimum atomic E-state index is -0.331. The molecule has 2 heterocycles. The van der Waals surface area contributed by atoms with E-state index in [1.54, 1.807) is 6.07 Å². The molecular weight excluding hydrogens is 277 g/mol. The van der Waals surface area contributed by atoms with Crippen molar-refractivity contribution in [3.05, 3.63) is 24.0 Å². The van der Waals surface area contributed by atoms with E-state index in [0.29, 0.717) is 11.4 Å². The van der Waals surface area contributed by atoms with Gasteiger partial charge in [-0.1, -0.05) is 0 Å². The summed E-state index contributed by atoms with van der Waals surface area (Å²) in [6, 6.07) is 4.31. The zero-order valence-corrected chi connectivity index (χ0v) is 12.3. The molecule has 3 nitrogen and oxygen atoms in total. The van der Waals surface area contributed by atoms with Crippen LogP contribution >= 0.6 is 11.8 Å². The summed E-state index contributed by atoms with van der Waals surface area (Å²) in [5, 5.41) is 0. The van der Waals surface area contributed by atoms with E-state index in [1.165, 1.54) is 12.1 Å². The number of halogens is 1. The van der Waals surface area contributed by atoms with Crippen LogP contribution in [0.5, 0.6) is 5.75 Å². The Morgan fingerprint density at radius 1 is 1.35 bits per heavy atom. The van der Waals surface area contributed by atoms with Crippen LogP contribution in [-0.4, -0.2) is 29.8 Å². The lowest BCUT2D eigenvalue weighted by molar-refractivity contribution is -0.116. The molecule has 2 aliphatic heterocycles. The van der Waals surface area contributed by atoms with Crippen LogP contribution in [0.15, 0.2) is 18.2 Å². The van der Waals surface area contributed by atoms with Gasteiger partial charge in [-0.05, 0) is 36.5 Å². The number of ether oxygens (including phenoxy) is 2. The van der Waals surface area contributed by atoms with Crippen LogP contribution < -0.4 is 10.5 Å². The van der Waals surface area contributed by atoms with Gasteiger partial charge in [-0.2, -0.15) is 11.8 Å². The average molecular weight is 297 g/mol. The van der Waals surface area contributed by atoms with Gasteiger partial charge >= 0.3 is 0 Å². The second-order valence-corrected chi connectivity index (χ2v) is 6.78. The molecule has 0 radical (unpaired) electrons. The molecule has 2 saturated heterocycles. The molecule has 5 heteroatoms. The van der Waals surface area contributed by atoms with Crippen LogP contribution in [0.25, 0.3) is 0 Å². The van der Waals surface area contributed by atoms with Crippen molar-refractivity contribution in [1.82, 2.24) is 0 Å². The van der Waals surface area contributed by atoms with Gasteiger partial charge in [-0.3, -0.25) is 0 Å². The highest BCUT2D eigenvalue weighted by molar-refractivity contribution is 7.99. The summed E-state index contributed by atoms with van der Waals surface area (Å²) >= 11 is 1.99. The first-order valence-electron chi connectivity index (χ1n) is 7.10. The molecule has 2 N–H and O–H groups in total. The SMILES string of the molecule is Nc1cc(F)ccc1OC1CCOC2(CCSCC2)C1. The molecule has 110 valence electrons. The van der Waals surface area contributed by atoms with Crippen LogP contribution in [0, 0.1) is 5.82 Å². The topological polar surface area (TPSA) is 44.5 Å². The Hall–Kier alpha value is -0.940. The molecule has 0 saturated carbocycles. The second kappa shape index (κ2) is 5.82. The Morgan fingerprint density at radius 3 is 2.90 bits per heavy atom. The Labute approximate surface area is 123 Å². The van der Waals surface area contributed by atoms with Crippen LogP contribution in [0.3, 0.4) is 0 Å². The molecule has 1 unspecified atom stereocenters. The van der Waals surface area contributed by atoms with Crippen LogP contribution in [0.1, 0.15) is 25.7 Å². The van der Waals surface area contributed by atoms with E-state index in [1.807, 2.05) is 11.8 Å². The highest BCUT2D eigenvalue weighted by atomic mass is 32.2. The van der Waals surface area contributed by atoms with Crippen molar-refractivity contribution < 1.29 is 13.9 Å². The first-order valence-corrected chi connectivity index (χ1v) is 8.26. The lowest BCUT2D eigenvalue weighted by atomic mass is 9.86. The summed E-state index contributed by atoms with van der Waals surface area (Å²) in [6.45, 7) is 0.733. The summed E-state index contributed by atoms with van der Waals surface area (Å²) in [4.78, 5) is 0. The number of nitrogens with two attached hydrogens (primary N) is 1. The van der Waals surface area contributed by atoms with Gasteiger partial charge in [0.2, 0.25) is 0 Å². The number of nitrogen functional groups attached to an aromatic ring is 1. The van der Waals surface area contributed by atoms with E-state index >= 15 is 0 Å². The van der Waals surface area contributed by atoms with Crippen molar-refractivity contribution in [2.45, 2.75) is 37.4 Å². The molecule has 0 amide bonds. The second-order valence-electron chi connectivity index (χ2n) is 5.56. The first-order chi connectivity index (χ1) is 9.67. The normalized spacial score (nSPS) is 25.6. The van der Waals surface area contributed by atoms with Crippen molar-refractivity contribution >= 4 is 17.4 Å². The largest absolute Gasteiger partial charge is 0.488 e. The predicted molar refractivity (Wildman–Crippen MR) is 79.7 cm³/mol. The Balaban J connectivity index is 1.68. The minimum Gasteiger partial charge on any atom is -0.488 e. The molecule has 1 spiro atoms. The van der Waals surface area contributed by atoms with Crippen molar-refractivity contribution in [2.24, 2.45) is 0 Å². The van der Waals surface area contributed by atoms with Crippen molar-refractivity contribution in [3.63, 3.8) is 0 Å². The molecule has 3 rings (SSSR count). The Kier molecular flexibility index (Phi) is 4.08. The fraction of sp³-hybridized carbons (Fsp3) is 0.600. The molecule has 2 aliphatic rings. The smallest absolute Gasteiger partial charge is 0.142 e. The maximum absolute atomic E-state index is 13.1. The van der Waals surface area contributed by atoms with E-state index in [4.69, 9.17) is 15.2 Å². The van der Waals surface area contributed by atoms with Crippen molar-refractivity contribution in [1.29, 1.82) is 0 Å². The van der Waals surface area contributed by atoms with Crippen molar-refractivity contribution in [3.8, 4) is 5.75 Å². The summed E-state index contributed by atoms with van der Waals surface area (Å²) < 4.78 is 25.1. The summed E-state index contributed by atoms with van der Waals surface area (Å²) in [5.74, 6) is 2.57. The maximum Gasteiger partial charge on any atom is 0.142 e. The number of thioether (sulfide) groups is 1. The molecule has 0 aromatic heterocycles. The van der Waals surface area contributed by atoms with Gasteiger partial charge in [-0.15, -0.1) is 0 Å². The van der Waals surface area contributed by atoms with Gasteiger partial charge in [0.05, 0.1) is 17.9 Å². The number of rotatable bonds is 2. The summed E-state index contributed by atoms with van der Waals surface area (Å²) in [7, 11) is 0. The number of hydrogen-bond donors (Lipinski definition) is 1. The number of benzene rings is 1. The number of anilines is 1. The van der Waals surface area contributed by atoms with Gasteiger partial charge in [0.15, 0.2) is 0 Å². The first kappa shape index (κ1) is 14.0. The third-order valence-corrected chi connectivity index (χ3v) is 5.10. The molecule has 20 heavy (non-hydrogen) atoms. The fourth-order valence-corrected chi connectivity index (χ4v) is 4.22. The quantitative estimate of drug-likeness (QED) is 0.851. The summed E-state index contributed by atoms with van der Waals surface area (Å²) in [6.07, 6.45) is 4.07. The van der Waals surface area contributed by atoms with Crippen LogP contribution in [-0.2, 0) is 4.74 Å². The van der Waals surface area contributed by atoms with E-state index in [2.05, 4.69) is 0 Å². The van der Waals surface area contributed by atoms with Crippen LogP contribution in [0.4, 0.5) is 10.1 Å². The molecule has 2 fully saturated rings. The molecule has 0 bridgehead atoms. The maximum atomic E-state index is 13.1. The summed E-state index contributed by atoms with van der Waals surface area (Å²) in [5.41, 5.74) is 6.16. The predicted octanol–water partition coefficient (Wildman–Crippen LogP) is 3.23. The lowest BCUT2D eigenvalue weighted by Gasteiger charge is -2.43. The third kappa shape index (κ3) is 3.04. The zero-order valence-electron chi connectivity index (χ0n) is 11.4. The van der Waals surface area contributed by atoms with Gasteiger partial charge in [0.25, 0.3) is 0 Å². The zero-order chi connectivity index (χ0) is 14.0. The fourth-order valence-electron chi connectivity index (χ4n) is 2.98. The molecular formula is C15H20FNO2S. The van der Waals surface area contributed by atoms with Gasteiger partial charge in [0, 0.05) is 18.9 Å². The molecule has 1 aromatic rings.